The maximum absolute atomic E-state index is 12.0. The molecule has 0 aliphatic heterocycles. The number of amides is 1. The number of hydrogen-bond donors (Lipinski definition) is 1. The van der Waals surface area contributed by atoms with Crippen LogP contribution in [0.3, 0.4) is 0 Å². The van der Waals surface area contributed by atoms with Gasteiger partial charge in [0.25, 0.3) is 0 Å². The molecule has 1 aromatic carbocycles. The van der Waals surface area contributed by atoms with E-state index in [4.69, 9.17) is 4.74 Å². The zero-order valence-corrected chi connectivity index (χ0v) is 25.8. The standard InChI is InChI=1S/C16H26N2O4S.C9H18N2O3S/c1-16(2,3)14(11-18(4)23(5,20)21)17-15(19)22-12-13-9-7-6-8-10-13;1-9(2,3)8(10-7-12)6-11(4)15(5,13)14/h6-10,14H,11-12H2,1-5H3,(H,17,19);8H,6H2,1-5H3/t14-;8-/m11/s1. The molecule has 0 aliphatic rings. The topological polar surface area (TPSA) is 143 Å². The molecular formula is C25H44N4O7S2. The van der Waals surface area contributed by atoms with Gasteiger partial charge in [-0.1, -0.05) is 71.9 Å². The van der Waals surface area contributed by atoms with Gasteiger partial charge in [0, 0.05) is 27.2 Å². The average Bonchev–Trinajstić information content (AvgIpc) is 2.75. The maximum atomic E-state index is 12.0. The first-order valence-electron chi connectivity index (χ1n) is 12.0. The van der Waals surface area contributed by atoms with E-state index in [9.17, 15) is 26.4 Å². The Morgan fingerprint density at radius 2 is 1.39 bits per heavy atom. The molecule has 0 bridgehead atoms. The molecule has 0 aromatic heterocycles. The van der Waals surface area contributed by atoms with Gasteiger partial charge >= 0.3 is 6.09 Å². The summed E-state index contributed by atoms with van der Waals surface area (Å²) in [6, 6.07) is 8.61. The largest absolute Gasteiger partial charge is 0.445 e. The van der Waals surface area contributed by atoms with E-state index in [-0.39, 0.29) is 42.6 Å². The molecule has 1 aromatic rings. The van der Waals surface area contributed by atoms with E-state index in [1.165, 1.54) is 28.8 Å². The summed E-state index contributed by atoms with van der Waals surface area (Å²) >= 11 is 0. The van der Waals surface area contributed by atoms with Gasteiger partial charge in [0.15, 0.2) is 0 Å². The van der Waals surface area contributed by atoms with Crippen LogP contribution in [0.15, 0.2) is 35.3 Å². The lowest BCUT2D eigenvalue weighted by molar-refractivity contribution is 0.123. The summed E-state index contributed by atoms with van der Waals surface area (Å²) in [5.41, 5.74) is 0.310. The highest BCUT2D eigenvalue weighted by Gasteiger charge is 2.30. The number of hydrogen-bond acceptors (Lipinski definition) is 8. The predicted octanol–water partition coefficient (Wildman–Crippen LogP) is 2.85. The van der Waals surface area contributed by atoms with Crippen LogP contribution in [0.4, 0.5) is 4.79 Å². The number of aliphatic imine (C=N–C) groups is 1. The van der Waals surface area contributed by atoms with Crippen LogP contribution in [-0.2, 0) is 36.2 Å². The molecule has 38 heavy (non-hydrogen) atoms. The molecule has 1 N–H and O–H groups in total. The van der Waals surface area contributed by atoms with Crippen molar-refractivity contribution in [2.45, 2.75) is 60.2 Å². The van der Waals surface area contributed by atoms with E-state index in [1.54, 1.807) is 0 Å². The summed E-state index contributed by atoms with van der Waals surface area (Å²) in [4.78, 5) is 25.9. The van der Waals surface area contributed by atoms with Gasteiger partial charge in [0.05, 0.1) is 24.6 Å². The number of carbonyl (C=O) groups is 1. The zero-order chi connectivity index (χ0) is 29.9. The average molecular weight is 577 g/mol. The number of sulfonamides is 2. The molecule has 2 atom stereocenters. The minimum absolute atomic E-state index is 0.172. The third-order valence-corrected chi connectivity index (χ3v) is 8.32. The van der Waals surface area contributed by atoms with Gasteiger partial charge in [-0.3, -0.25) is 0 Å². The lowest BCUT2D eigenvalue weighted by atomic mass is 9.87. The van der Waals surface area contributed by atoms with Crippen LogP contribution in [0.2, 0.25) is 0 Å². The van der Waals surface area contributed by atoms with Crippen molar-refractivity contribution in [3.05, 3.63) is 35.9 Å². The van der Waals surface area contributed by atoms with Gasteiger partial charge < -0.3 is 10.1 Å². The van der Waals surface area contributed by atoms with Gasteiger partial charge in [-0.25, -0.2) is 40.0 Å². The number of alkyl carbamates (subject to hydrolysis) is 1. The van der Waals surface area contributed by atoms with Gasteiger partial charge in [0.1, 0.15) is 6.61 Å². The molecule has 0 heterocycles. The molecule has 0 saturated carbocycles. The molecule has 1 rings (SSSR count). The Bertz CT molecular complexity index is 1140. The Balaban J connectivity index is 0.000000793. The summed E-state index contributed by atoms with van der Waals surface area (Å²) in [6.07, 6.45) is 3.19. The number of isocyanates is 1. The monoisotopic (exact) mass is 576 g/mol. The van der Waals surface area contributed by atoms with E-state index < -0.39 is 26.1 Å². The minimum atomic E-state index is -3.31. The van der Waals surface area contributed by atoms with Crippen molar-refractivity contribution < 1.29 is 31.2 Å². The third-order valence-electron chi connectivity index (χ3n) is 5.76. The molecule has 218 valence electrons. The summed E-state index contributed by atoms with van der Waals surface area (Å²) in [7, 11) is -3.58. The first kappa shape index (κ1) is 35.7. The second kappa shape index (κ2) is 14.7. The number of carbonyl (C=O) groups excluding carboxylic acids is 2. The molecule has 0 aliphatic carbocycles. The number of rotatable bonds is 10. The van der Waals surface area contributed by atoms with Gasteiger partial charge in [-0.2, -0.15) is 0 Å². The van der Waals surface area contributed by atoms with Crippen molar-refractivity contribution in [2.24, 2.45) is 15.8 Å². The van der Waals surface area contributed by atoms with Crippen molar-refractivity contribution in [3.63, 3.8) is 0 Å². The van der Waals surface area contributed by atoms with Crippen LogP contribution in [-0.4, -0.2) is 89.4 Å². The lowest BCUT2D eigenvalue weighted by Crippen LogP contribution is -2.51. The third kappa shape index (κ3) is 14.6. The highest BCUT2D eigenvalue weighted by atomic mass is 32.2. The fourth-order valence-electron chi connectivity index (χ4n) is 2.79. The highest BCUT2D eigenvalue weighted by molar-refractivity contribution is 7.88. The first-order valence-corrected chi connectivity index (χ1v) is 15.7. The summed E-state index contributed by atoms with van der Waals surface area (Å²) < 4.78 is 53.1. The van der Waals surface area contributed by atoms with Crippen LogP contribution in [0.5, 0.6) is 0 Å². The number of nitrogens with one attached hydrogen (secondary N) is 1. The number of likely N-dealkylation sites (N-methyl/N-ethyl adjacent to an activating group) is 2. The minimum Gasteiger partial charge on any atom is -0.445 e. The summed E-state index contributed by atoms with van der Waals surface area (Å²) in [5, 5.41) is 2.76. The van der Waals surface area contributed by atoms with Crippen LogP contribution in [0, 0.1) is 10.8 Å². The highest BCUT2D eigenvalue weighted by Crippen LogP contribution is 2.23. The van der Waals surface area contributed by atoms with Crippen molar-refractivity contribution in [2.75, 3.05) is 39.7 Å². The predicted molar refractivity (Wildman–Crippen MR) is 149 cm³/mol. The molecule has 13 heteroatoms. The smallest absolute Gasteiger partial charge is 0.407 e. The summed E-state index contributed by atoms with van der Waals surface area (Å²) in [6.45, 7) is 12.0. The fraction of sp³-hybridized carbons (Fsp3) is 0.680. The van der Waals surface area contributed by atoms with Gasteiger partial charge in [-0.05, 0) is 16.4 Å². The Labute approximate surface area is 228 Å². The second-order valence-electron chi connectivity index (χ2n) is 11.3. The Kier molecular flexibility index (Phi) is 13.8. The fourth-order valence-corrected chi connectivity index (χ4v) is 3.62. The van der Waals surface area contributed by atoms with Gasteiger partial charge in [-0.15, -0.1) is 0 Å². The molecular weight excluding hydrogens is 532 g/mol. The van der Waals surface area contributed by atoms with Crippen molar-refractivity contribution in [3.8, 4) is 0 Å². The molecule has 0 radical (unpaired) electrons. The van der Waals surface area contributed by atoms with Crippen LogP contribution in [0.1, 0.15) is 47.1 Å². The molecule has 11 nitrogen and oxygen atoms in total. The van der Waals surface area contributed by atoms with Crippen molar-refractivity contribution >= 4 is 32.2 Å². The summed E-state index contributed by atoms with van der Waals surface area (Å²) in [5.74, 6) is 0. The number of ether oxygens (including phenoxy) is 1. The maximum Gasteiger partial charge on any atom is 0.407 e. The Morgan fingerprint density at radius 1 is 0.921 bits per heavy atom. The normalized spacial score (nSPS) is 14.1. The molecule has 0 spiro atoms. The van der Waals surface area contributed by atoms with E-state index in [2.05, 4.69) is 10.3 Å². The second-order valence-corrected chi connectivity index (χ2v) is 15.5. The molecule has 0 saturated heterocycles. The van der Waals surface area contributed by atoms with E-state index >= 15 is 0 Å². The van der Waals surface area contributed by atoms with Gasteiger partial charge in [0.2, 0.25) is 26.1 Å². The van der Waals surface area contributed by atoms with Crippen LogP contribution >= 0.6 is 0 Å². The molecule has 0 unspecified atom stereocenters. The first-order chi connectivity index (χ1) is 17.1. The van der Waals surface area contributed by atoms with Crippen LogP contribution < -0.4 is 5.32 Å². The Hall–Kier alpha value is -2.31. The zero-order valence-electron chi connectivity index (χ0n) is 24.2. The van der Waals surface area contributed by atoms with E-state index in [0.717, 1.165) is 18.1 Å². The Morgan fingerprint density at radius 3 is 1.79 bits per heavy atom. The van der Waals surface area contributed by atoms with Crippen molar-refractivity contribution in [1.29, 1.82) is 0 Å². The lowest BCUT2D eigenvalue weighted by Gasteiger charge is -2.33. The molecule has 1 amide bonds. The number of benzene rings is 1. The SMILES string of the molecule is CN(C[C@@H](N=C=O)C(C)(C)C)S(C)(=O)=O.CN(C[C@@H](NC(=O)OCc1ccccc1)C(C)(C)C)S(C)(=O)=O. The number of nitrogens with zero attached hydrogens (tertiary/aromatic N) is 3. The van der Waals surface area contributed by atoms with E-state index in [1.807, 2.05) is 71.9 Å². The van der Waals surface area contributed by atoms with Crippen molar-refractivity contribution in [1.82, 2.24) is 13.9 Å². The van der Waals surface area contributed by atoms with Crippen LogP contribution in [0.25, 0.3) is 0 Å². The van der Waals surface area contributed by atoms with E-state index in [0.29, 0.717) is 0 Å². The quantitative estimate of drug-likeness (QED) is 0.333. The molecule has 0 fully saturated rings.